The average molecular weight is 582 g/mol. The zero-order valence-corrected chi connectivity index (χ0v) is 25.7. The van der Waals surface area contributed by atoms with E-state index < -0.39 is 0 Å². The van der Waals surface area contributed by atoms with Gasteiger partial charge in [-0.1, -0.05) is 26.0 Å². The number of nitrogens with zero attached hydrogens (tertiary/aromatic N) is 7. The molecule has 3 aliphatic heterocycles. The highest BCUT2D eigenvalue weighted by molar-refractivity contribution is 5.69. The summed E-state index contributed by atoms with van der Waals surface area (Å²) in [5, 5.41) is 11.9. The molecule has 2 N–H and O–H groups in total. The van der Waals surface area contributed by atoms with Crippen molar-refractivity contribution < 1.29 is 14.3 Å². The van der Waals surface area contributed by atoms with Gasteiger partial charge < -0.3 is 29.9 Å². The highest BCUT2D eigenvalue weighted by Crippen LogP contribution is 2.38. The number of likely N-dealkylation sites (N-methyl/N-ethyl adjacent to an activating group) is 1. The lowest BCUT2D eigenvalue weighted by atomic mass is 9.89. The van der Waals surface area contributed by atoms with Gasteiger partial charge in [0.05, 0.1) is 12.3 Å². The van der Waals surface area contributed by atoms with Crippen LogP contribution in [-0.4, -0.2) is 124 Å². The Labute approximate surface area is 248 Å². The van der Waals surface area contributed by atoms with Crippen molar-refractivity contribution in [1.29, 1.82) is 0 Å². The Bertz CT molecular complexity index is 1250. The monoisotopic (exact) mass is 581 g/mol. The molecule has 2 atom stereocenters. The Balaban J connectivity index is 1.06. The number of carbonyl (C=O) groups is 1. The number of nitrogens with one attached hydrogen (secondary N) is 2. The minimum absolute atomic E-state index is 0.0139. The van der Waals surface area contributed by atoms with Crippen LogP contribution in [-0.2, 0) is 9.47 Å². The van der Waals surface area contributed by atoms with Gasteiger partial charge in [-0.3, -0.25) is 4.90 Å². The topological polar surface area (TPSA) is 112 Å². The summed E-state index contributed by atoms with van der Waals surface area (Å²) >= 11 is 0. The van der Waals surface area contributed by atoms with Gasteiger partial charge in [-0.25, -0.2) is 4.79 Å². The molecule has 42 heavy (non-hydrogen) atoms. The van der Waals surface area contributed by atoms with E-state index in [0.29, 0.717) is 30.0 Å². The zero-order chi connectivity index (χ0) is 29.4. The van der Waals surface area contributed by atoms with Gasteiger partial charge in [0, 0.05) is 63.0 Å². The van der Waals surface area contributed by atoms with Gasteiger partial charge in [0.25, 0.3) is 0 Å². The fourth-order valence-corrected chi connectivity index (χ4v) is 6.75. The summed E-state index contributed by atoms with van der Waals surface area (Å²) in [4.78, 5) is 29.4. The molecule has 0 spiro atoms. The molecule has 6 rings (SSSR count). The maximum Gasteiger partial charge on any atom is 0.410 e. The third-order valence-corrected chi connectivity index (χ3v) is 9.25. The van der Waals surface area contributed by atoms with Crippen LogP contribution in [0.3, 0.4) is 0 Å². The molecule has 230 valence electrons. The summed E-state index contributed by atoms with van der Waals surface area (Å²) < 4.78 is 13.2. The van der Waals surface area contributed by atoms with Crippen molar-refractivity contribution >= 4 is 23.6 Å². The molecular formula is C30H47N9O3. The van der Waals surface area contributed by atoms with E-state index in [1.807, 2.05) is 15.6 Å². The number of aromatic nitrogens is 4. The predicted octanol–water partition coefficient (Wildman–Crippen LogP) is 3.18. The molecule has 1 saturated carbocycles. The number of piperidine rings is 1. The normalized spacial score (nSPS) is 28.1. The van der Waals surface area contributed by atoms with E-state index in [1.165, 1.54) is 0 Å². The Morgan fingerprint density at radius 2 is 1.76 bits per heavy atom. The quantitative estimate of drug-likeness (QED) is 0.384. The first-order valence-corrected chi connectivity index (χ1v) is 15.6. The highest BCUT2D eigenvalue weighted by Gasteiger charge is 2.45. The average Bonchev–Trinajstić information content (AvgIpc) is 3.45. The summed E-state index contributed by atoms with van der Waals surface area (Å²) in [5.74, 6) is 1.62. The third kappa shape index (κ3) is 6.21. The summed E-state index contributed by atoms with van der Waals surface area (Å²) in [6, 6.07) is 0.860. The molecule has 0 aromatic carbocycles. The number of amides is 1. The molecule has 2 unspecified atom stereocenters. The highest BCUT2D eigenvalue weighted by atomic mass is 16.6. The molecule has 12 heteroatoms. The van der Waals surface area contributed by atoms with E-state index in [9.17, 15) is 4.79 Å². The van der Waals surface area contributed by atoms with Crippen molar-refractivity contribution in [2.45, 2.75) is 94.7 Å². The van der Waals surface area contributed by atoms with Crippen LogP contribution >= 0.6 is 0 Å². The number of fused-ring (bicyclic) bond motifs is 3. The third-order valence-electron chi connectivity index (χ3n) is 9.25. The van der Waals surface area contributed by atoms with Gasteiger partial charge in [-0.2, -0.15) is 19.6 Å². The van der Waals surface area contributed by atoms with E-state index in [-0.39, 0.29) is 30.3 Å². The van der Waals surface area contributed by atoms with E-state index in [1.54, 1.807) is 7.11 Å². The Morgan fingerprint density at radius 1 is 1.05 bits per heavy atom. The number of rotatable bonds is 11. The second-order valence-electron chi connectivity index (χ2n) is 13.1. The van der Waals surface area contributed by atoms with Crippen LogP contribution in [0.2, 0.25) is 0 Å². The molecule has 3 saturated heterocycles. The number of hydrogen-bond acceptors (Lipinski definition) is 10. The molecule has 4 fully saturated rings. The minimum Gasteiger partial charge on any atom is -0.443 e. The van der Waals surface area contributed by atoms with Crippen LogP contribution in [0.4, 0.5) is 16.7 Å². The van der Waals surface area contributed by atoms with Crippen molar-refractivity contribution in [3.05, 3.63) is 23.9 Å². The second kappa shape index (κ2) is 12.3. The van der Waals surface area contributed by atoms with E-state index >= 15 is 0 Å². The molecule has 0 radical (unpaired) electrons. The number of methoxy groups -OCH3 is 1. The van der Waals surface area contributed by atoms with Crippen molar-refractivity contribution in [1.82, 2.24) is 34.3 Å². The largest absolute Gasteiger partial charge is 0.443 e. The fourth-order valence-electron chi connectivity index (χ4n) is 6.75. The molecule has 1 aliphatic carbocycles. The SMILES string of the molecule is COC1CC(Nc2nc(NC3CC4CCC(C3)N4C(=O)OC3CN(C/C=C/CN(C)C)C3)n3ncc(C(C)C)c3n2)C1. The smallest absolute Gasteiger partial charge is 0.410 e. The summed E-state index contributed by atoms with van der Waals surface area (Å²) in [6.07, 6.45) is 12.1. The molecule has 12 nitrogen and oxygen atoms in total. The summed E-state index contributed by atoms with van der Waals surface area (Å²) in [6.45, 7) is 7.77. The second-order valence-corrected chi connectivity index (χ2v) is 13.1. The zero-order valence-electron chi connectivity index (χ0n) is 25.7. The molecular weight excluding hydrogens is 534 g/mol. The number of likely N-dealkylation sites (tertiary alicyclic amines) is 1. The van der Waals surface area contributed by atoms with E-state index in [2.05, 4.69) is 65.6 Å². The first-order chi connectivity index (χ1) is 20.3. The lowest BCUT2D eigenvalue weighted by Gasteiger charge is -2.42. The number of carbonyl (C=O) groups excluding carboxylic acids is 1. The number of ether oxygens (including phenoxy) is 2. The van der Waals surface area contributed by atoms with Crippen molar-refractivity contribution in [2.24, 2.45) is 0 Å². The van der Waals surface area contributed by atoms with Crippen molar-refractivity contribution in [3.8, 4) is 0 Å². The first-order valence-electron chi connectivity index (χ1n) is 15.6. The molecule has 5 heterocycles. The van der Waals surface area contributed by atoms with Crippen LogP contribution in [0, 0.1) is 0 Å². The van der Waals surface area contributed by atoms with Crippen LogP contribution in [0.15, 0.2) is 18.3 Å². The lowest BCUT2D eigenvalue weighted by Crippen LogP contribution is -2.56. The van der Waals surface area contributed by atoms with E-state index in [4.69, 9.17) is 19.4 Å². The van der Waals surface area contributed by atoms with Gasteiger partial charge >= 0.3 is 6.09 Å². The summed E-state index contributed by atoms with van der Waals surface area (Å²) in [7, 11) is 5.89. The summed E-state index contributed by atoms with van der Waals surface area (Å²) in [5.41, 5.74) is 1.93. The van der Waals surface area contributed by atoms with Crippen LogP contribution in [0.5, 0.6) is 0 Å². The Hall–Kier alpha value is -2.96. The first kappa shape index (κ1) is 29.1. The van der Waals surface area contributed by atoms with Crippen LogP contribution < -0.4 is 10.6 Å². The Kier molecular flexibility index (Phi) is 8.56. The van der Waals surface area contributed by atoms with Gasteiger partial charge in [0.1, 0.15) is 6.10 Å². The Morgan fingerprint density at radius 3 is 2.43 bits per heavy atom. The standard InChI is InChI=1S/C30H47N9O3/c1-19(2)26-16-31-39-27(26)34-28(32-21-14-24(15-21)41-5)35-29(39)33-20-12-22-8-9-23(13-20)38(22)30(40)42-25-17-37(18-25)11-7-6-10-36(3)4/h6-7,16,19-25H,8-15,17-18H2,1-5H3,(H2,32,33,34,35)/b7-6+. The van der Waals surface area contributed by atoms with Crippen molar-refractivity contribution in [3.63, 3.8) is 0 Å². The molecule has 1 amide bonds. The molecule has 2 bridgehead atoms. The fraction of sp³-hybridized carbons (Fsp3) is 0.733. The molecule has 2 aromatic rings. The minimum atomic E-state index is -0.145. The number of anilines is 2. The van der Waals surface area contributed by atoms with Crippen LogP contribution in [0.25, 0.3) is 5.65 Å². The van der Waals surface area contributed by atoms with Gasteiger partial charge in [0.2, 0.25) is 11.9 Å². The van der Waals surface area contributed by atoms with Gasteiger partial charge in [-0.15, -0.1) is 0 Å². The lowest BCUT2D eigenvalue weighted by molar-refractivity contribution is -0.0306. The predicted molar refractivity (Wildman–Crippen MR) is 162 cm³/mol. The maximum atomic E-state index is 13.2. The van der Waals surface area contributed by atoms with E-state index in [0.717, 1.165) is 75.9 Å². The van der Waals surface area contributed by atoms with Crippen molar-refractivity contribution in [2.75, 3.05) is 58.0 Å². The molecule has 4 aliphatic rings. The van der Waals surface area contributed by atoms with Crippen LogP contribution in [0.1, 0.15) is 63.9 Å². The number of hydrogen-bond donors (Lipinski definition) is 2. The maximum absolute atomic E-state index is 13.2. The van der Waals surface area contributed by atoms with Gasteiger partial charge in [-0.05, 0) is 58.5 Å². The van der Waals surface area contributed by atoms with Gasteiger partial charge in [0.15, 0.2) is 5.65 Å². The molecule has 2 aromatic heterocycles.